The molecule has 0 radical (unpaired) electrons. The highest BCUT2D eigenvalue weighted by atomic mass is 32.2. The zero-order chi connectivity index (χ0) is 15.0. The summed E-state index contributed by atoms with van der Waals surface area (Å²) in [5.41, 5.74) is 4.49. The fraction of sp³-hybridized carbons (Fsp3) is 0.353. The van der Waals surface area contributed by atoms with Gasteiger partial charge in [-0.25, -0.2) is 4.79 Å². The van der Waals surface area contributed by atoms with Crippen LogP contribution in [-0.2, 0) is 9.53 Å². The lowest BCUT2D eigenvalue weighted by atomic mass is 10.0. The van der Waals surface area contributed by atoms with E-state index in [2.05, 4.69) is 30.1 Å². The summed E-state index contributed by atoms with van der Waals surface area (Å²) in [6.07, 6.45) is 0.748. The predicted molar refractivity (Wildman–Crippen MR) is 87.3 cm³/mol. The Kier molecular flexibility index (Phi) is 3.81. The molecule has 1 N–H and O–H groups in total. The molecular formula is C17H19NO2S. The molecule has 0 bridgehead atoms. The van der Waals surface area contributed by atoms with Gasteiger partial charge in [-0.3, -0.25) is 0 Å². The lowest BCUT2D eigenvalue weighted by Crippen LogP contribution is -2.07. The highest BCUT2D eigenvalue weighted by Crippen LogP contribution is 2.50. The van der Waals surface area contributed by atoms with E-state index in [-0.39, 0.29) is 5.97 Å². The minimum Gasteiger partial charge on any atom is -0.463 e. The topological polar surface area (TPSA) is 42.1 Å². The van der Waals surface area contributed by atoms with Crippen molar-refractivity contribution < 1.29 is 9.53 Å². The molecule has 0 saturated carbocycles. The number of carbonyl (C=O) groups is 1. The number of carbonyl (C=O) groups excluding carboxylic acids is 1. The predicted octanol–water partition coefficient (Wildman–Crippen LogP) is 4.49. The van der Waals surface area contributed by atoms with Crippen LogP contribution in [-0.4, -0.2) is 17.6 Å². The van der Waals surface area contributed by atoms with Gasteiger partial charge in [0, 0.05) is 27.4 Å². The van der Waals surface area contributed by atoms with Crippen molar-refractivity contribution in [1.82, 2.24) is 4.98 Å². The molecule has 1 aliphatic heterocycles. The van der Waals surface area contributed by atoms with Gasteiger partial charge in [0.2, 0.25) is 0 Å². The maximum Gasteiger partial charge on any atom is 0.334 e. The van der Waals surface area contributed by atoms with E-state index in [0.29, 0.717) is 11.9 Å². The molecule has 3 rings (SSSR count). The van der Waals surface area contributed by atoms with Gasteiger partial charge in [-0.05, 0) is 43.7 Å². The molecule has 0 amide bonds. The number of hydrogen-bond acceptors (Lipinski definition) is 3. The van der Waals surface area contributed by atoms with Crippen LogP contribution in [0.1, 0.15) is 36.8 Å². The molecule has 4 heteroatoms. The SMILES string of the molecule is CCOC(=O)C1=C(C)SC(c2c(C)[nH]c3ccccc23)C1. The molecule has 1 unspecified atom stereocenters. The van der Waals surface area contributed by atoms with Crippen LogP contribution in [0.4, 0.5) is 0 Å². The van der Waals surface area contributed by atoms with Gasteiger partial charge in [-0.2, -0.15) is 0 Å². The first-order valence-electron chi connectivity index (χ1n) is 7.22. The van der Waals surface area contributed by atoms with E-state index in [9.17, 15) is 4.79 Å². The number of nitrogens with one attached hydrogen (secondary N) is 1. The molecule has 2 aromatic rings. The maximum atomic E-state index is 12.0. The standard InChI is InChI=1S/C17H19NO2S/c1-4-20-17(19)13-9-15(21-11(13)3)16-10(2)18-14-8-6-5-7-12(14)16/h5-8,15,18H,4,9H2,1-3H3. The Labute approximate surface area is 128 Å². The molecule has 110 valence electrons. The number of para-hydroxylation sites is 1. The van der Waals surface area contributed by atoms with Gasteiger partial charge in [0.05, 0.1) is 6.61 Å². The number of aromatic nitrogens is 1. The van der Waals surface area contributed by atoms with E-state index in [1.807, 2.05) is 19.9 Å². The van der Waals surface area contributed by atoms with E-state index in [4.69, 9.17) is 4.74 Å². The molecule has 1 aromatic heterocycles. The van der Waals surface area contributed by atoms with Gasteiger partial charge >= 0.3 is 5.97 Å². The second kappa shape index (κ2) is 5.60. The smallest absolute Gasteiger partial charge is 0.334 e. The third kappa shape index (κ3) is 2.48. The Balaban J connectivity index is 1.93. The van der Waals surface area contributed by atoms with Crippen LogP contribution in [0.15, 0.2) is 34.7 Å². The number of fused-ring (bicyclic) bond motifs is 1. The molecule has 0 fully saturated rings. The van der Waals surface area contributed by atoms with Crippen molar-refractivity contribution in [3.8, 4) is 0 Å². The number of allylic oxidation sites excluding steroid dienone is 1. The van der Waals surface area contributed by atoms with E-state index in [1.54, 1.807) is 11.8 Å². The lowest BCUT2D eigenvalue weighted by Gasteiger charge is -2.10. The summed E-state index contributed by atoms with van der Waals surface area (Å²) in [5, 5.41) is 1.55. The van der Waals surface area contributed by atoms with Crippen LogP contribution in [0, 0.1) is 6.92 Å². The first-order valence-corrected chi connectivity index (χ1v) is 8.10. The Hall–Kier alpha value is -1.68. The zero-order valence-corrected chi connectivity index (χ0v) is 13.3. The summed E-state index contributed by atoms with van der Waals surface area (Å²) in [7, 11) is 0. The number of esters is 1. The number of thioether (sulfide) groups is 1. The molecule has 1 aliphatic rings. The number of rotatable bonds is 3. The normalized spacial score (nSPS) is 18.5. The fourth-order valence-corrected chi connectivity index (χ4v) is 4.38. The minimum absolute atomic E-state index is 0.164. The molecule has 0 spiro atoms. The fourth-order valence-electron chi connectivity index (χ4n) is 2.97. The van der Waals surface area contributed by atoms with Crippen LogP contribution >= 0.6 is 11.8 Å². The lowest BCUT2D eigenvalue weighted by molar-refractivity contribution is -0.138. The minimum atomic E-state index is -0.164. The van der Waals surface area contributed by atoms with Gasteiger partial charge in [-0.1, -0.05) is 18.2 Å². The highest BCUT2D eigenvalue weighted by molar-refractivity contribution is 8.03. The van der Waals surface area contributed by atoms with Crippen LogP contribution < -0.4 is 0 Å². The Morgan fingerprint density at radius 1 is 1.38 bits per heavy atom. The molecular weight excluding hydrogens is 282 g/mol. The molecule has 2 heterocycles. The number of aromatic amines is 1. The van der Waals surface area contributed by atoms with Crippen LogP contribution in [0.2, 0.25) is 0 Å². The van der Waals surface area contributed by atoms with Crippen molar-refractivity contribution in [2.75, 3.05) is 6.61 Å². The summed E-state index contributed by atoms with van der Waals surface area (Å²) in [6.45, 7) is 6.39. The van der Waals surface area contributed by atoms with Gasteiger partial charge in [0.1, 0.15) is 0 Å². The van der Waals surface area contributed by atoms with Gasteiger partial charge in [0.25, 0.3) is 0 Å². The monoisotopic (exact) mass is 301 g/mol. The first-order chi connectivity index (χ1) is 10.1. The van der Waals surface area contributed by atoms with Gasteiger partial charge in [-0.15, -0.1) is 11.8 Å². The van der Waals surface area contributed by atoms with E-state index in [0.717, 1.165) is 22.4 Å². The molecule has 3 nitrogen and oxygen atoms in total. The van der Waals surface area contributed by atoms with Crippen molar-refractivity contribution in [3.05, 3.63) is 46.0 Å². The van der Waals surface area contributed by atoms with Crippen molar-refractivity contribution >= 4 is 28.6 Å². The quantitative estimate of drug-likeness (QED) is 0.849. The maximum absolute atomic E-state index is 12.0. The Morgan fingerprint density at radius 3 is 2.90 bits per heavy atom. The van der Waals surface area contributed by atoms with Crippen molar-refractivity contribution in [2.24, 2.45) is 0 Å². The first kappa shape index (κ1) is 14.3. The second-order valence-corrected chi connectivity index (χ2v) is 6.69. The average Bonchev–Trinajstić information content (AvgIpc) is 2.98. The summed E-state index contributed by atoms with van der Waals surface area (Å²) in [6, 6.07) is 8.34. The summed E-state index contributed by atoms with van der Waals surface area (Å²) in [5.74, 6) is -0.164. The Morgan fingerprint density at radius 2 is 2.14 bits per heavy atom. The number of benzene rings is 1. The van der Waals surface area contributed by atoms with E-state index >= 15 is 0 Å². The van der Waals surface area contributed by atoms with Crippen molar-refractivity contribution in [2.45, 2.75) is 32.4 Å². The number of H-pyrrole nitrogens is 1. The number of hydrogen-bond donors (Lipinski definition) is 1. The molecule has 1 aromatic carbocycles. The van der Waals surface area contributed by atoms with Crippen molar-refractivity contribution in [1.29, 1.82) is 0 Å². The van der Waals surface area contributed by atoms with E-state index in [1.165, 1.54) is 16.6 Å². The summed E-state index contributed by atoms with van der Waals surface area (Å²) < 4.78 is 5.16. The van der Waals surface area contributed by atoms with Crippen LogP contribution in [0.25, 0.3) is 10.9 Å². The Bertz CT molecular complexity index is 729. The second-order valence-electron chi connectivity index (χ2n) is 5.28. The zero-order valence-electron chi connectivity index (χ0n) is 12.5. The highest BCUT2D eigenvalue weighted by Gasteiger charge is 2.31. The van der Waals surface area contributed by atoms with Crippen LogP contribution in [0.5, 0.6) is 0 Å². The van der Waals surface area contributed by atoms with Gasteiger partial charge in [0.15, 0.2) is 0 Å². The average molecular weight is 301 g/mol. The third-order valence-electron chi connectivity index (χ3n) is 3.92. The van der Waals surface area contributed by atoms with E-state index < -0.39 is 0 Å². The number of aryl methyl sites for hydroxylation is 1. The van der Waals surface area contributed by atoms with Crippen molar-refractivity contribution in [3.63, 3.8) is 0 Å². The third-order valence-corrected chi connectivity index (χ3v) is 5.21. The molecule has 1 atom stereocenters. The molecule has 21 heavy (non-hydrogen) atoms. The van der Waals surface area contributed by atoms with Crippen LogP contribution in [0.3, 0.4) is 0 Å². The van der Waals surface area contributed by atoms with Gasteiger partial charge < -0.3 is 9.72 Å². The largest absolute Gasteiger partial charge is 0.463 e. The summed E-state index contributed by atoms with van der Waals surface area (Å²) >= 11 is 1.77. The molecule has 0 aliphatic carbocycles. The number of ether oxygens (including phenoxy) is 1. The summed E-state index contributed by atoms with van der Waals surface area (Å²) in [4.78, 5) is 16.5. The molecule has 0 saturated heterocycles.